The van der Waals surface area contributed by atoms with E-state index in [2.05, 4.69) is 13.8 Å². The van der Waals surface area contributed by atoms with Gasteiger partial charge in [-0.15, -0.1) is 0 Å². The first-order valence-electron chi connectivity index (χ1n) is 24.2. The summed E-state index contributed by atoms with van der Waals surface area (Å²) in [5.74, 6) is 6.42. The maximum Gasteiger partial charge on any atom is 0.313 e. The van der Waals surface area contributed by atoms with Gasteiger partial charge in [0.2, 0.25) is 0 Å². The molecule has 8 fully saturated rings. The van der Waals surface area contributed by atoms with Crippen molar-refractivity contribution in [2.24, 2.45) is 81.3 Å². The number of hydrogen-bond acceptors (Lipinski definition) is 10. The molecule has 10 nitrogen and oxygen atoms in total. The smallest absolute Gasteiger partial charge is 0.313 e. The second kappa shape index (κ2) is 21.9. The van der Waals surface area contributed by atoms with Gasteiger partial charge in [-0.25, -0.2) is 0 Å². The second-order valence-corrected chi connectivity index (χ2v) is 22.0. The normalized spacial score (nSPS) is 34.9. The minimum absolute atomic E-state index is 0. The fraction of sp³-hybridized carbons (Fsp3) is 0.923. The Morgan fingerprint density at radius 3 is 1.69 bits per heavy atom. The quantitative estimate of drug-likeness (QED) is 0.0487. The van der Waals surface area contributed by atoms with E-state index in [9.17, 15) is 19.2 Å². The van der Waals surface area contributed by atoms with Gasteiger partial charge in [0.05, 0.1) is 28.8 Å². The first-order chi connectivity index (χ1) is 28.2. The topological polar surface area (TPSA) is 124 Å². The SMILES string of the molecule is C.C.CCC(C)(C)C(=O)OC1CC2CC1C1C3CC(CC3C(=O)OC3(C)C4CC5CC(C4)CC3C5)C21.CCCOCOC(=O)C(C)(C)CC.CCOC(C)OC(=O)C(C)(C)CC. The van der Waals surface area contributed by atoms with Crippen molar-refractivity contribution in [3.63, 3.8) is 0 Å². The van der Waals surface area contributed by atoms with Crippen LogP contribution in [0.2, 0.25) is 0 Å². The van der Waals surface area contributed by atoms with E-state index in [1.165, 1.54) is 44.9 Å². The third-order valence-electron chi connectivity index (χ3n) is 17.0. The molecule has 8 aliphatic carbocycles. The first-order valence-corrected chi connectivity index (χ1v) is 24.2. The van der Waals surface area contributed by atoms with E-state index in [1.807, 2.05) is 69.2 Å². The molecule has 0 aromatic heterocycles. The van der Waals surface area contributed by atoms with Gasteiger partial charge in [-0.2, -0.15) is 0 Å². The number of ether oxygens (including phenoxy) is 6. The molecule has 0 aromatic rings. The lowest BCUT2D eigenvalue weighted by Crippen LogP contribution is -2.58. The largest absolute Gasteiger partial charge is 0.462 e. The first kappa shape index (κ1) is 54.1. The second-order valence-electron chi connectivity index (χ2n) is 22.0. The number of rotatable bonds is 16. The zero-order valence-corrected chi connectivity index (χ0v) is 39.9. The van der Waals surface area contributed by atoms with Gasteiger partial charge in [0.1, 0.15) is 11.7 Å². The Bertz CT molecular complexity index is 1450. The molecule has 360 valence electrons. The van der Waals surface area contributed by atoms with Gasteiger partial charge in [0.25, 0.3) is 0 Å². The van der Waals surface area contributed by atoms with E-state index in [1.54, 1.807) is 6.92 Å². The van der Waals surface area contributed by atoms with Gasteiger partial charge in [-0.3, -0.25) is 19.2 Å². The van der Waals surface area contributed by atoms with Crippen LogP contribution in [0.5, 0.6) is 0 Å². The highest BCUT2D eigenvalue weighted by Crippen LogP contribution is 2.70. The van der Waals surface area contributed by atoms with Crippen LogP contribution in [0.4, 0.5) is 0 Å². The molecule has 9 atom stereocenters. The summed E-state index contributed by atoms with van der Waals surface area (Å²) in [7, 11) is 0. The predicted octanol–water partition coefficient (Wildman–Crippen LogP) is 12.0. The lowest BCUT2D eigenvalue weighted by atomic mass is 9.50. The Kier molecular flexibility index (Phi) is 19.1. The maximum atomic E-state index is 13.7. The van der Waals surface area contributed by atoms with E-state index in [0.29, 0.717) is 54.6 Å². The summed E-state index contributed by atoms with van der Waals surface area (Å²) < 4.78 is 32.9. The molecule has 8 rings (SSSR count). The average Bonchev–Trinajstić information content (AvgIpc) is 4.00. The van der Waals surface area contributed by atoms with Gasteiger partial charge in [-0.1, -0.05) is 42.5 Å². The van der Waals surface area contributed by atoms with Crippen LogP contribution >= 0.6 is 0 Å². The number of esters is 4. The Morgan fingerprint density at radius 1 is 0.645 bits per heavy atom. The molecule has 0 N–H and O–H groups in total. The highest BCUT2D eigenvalue weighted by atomic mass is 16.7. The van der Waals surface area contributed by atoms with Crippen molar-refractivity contribution in [3.8, 4) is 0 Å². The summed E-state index contributed by atoms with van der Waals surface area (Å²) in [5, 5.41) is 0. The molecule has 0 saturated heterocycles. The van der Waals surface area contributed by atoms with E-state index < -0.39 is 22.5 Å². The highest BCUT2D eigenvalue weighted by Gasteiger charge is 2.67. The summed E-state index contributed by atoms with van der Waals surface area (Å²) in [6, 6.07) is 0. The molecule has 0 amide bonds. The van der Waals surface area contributed by atoms with E-state index in [-0.39, 0.29) is 63.1 Å². The Labute approximate surface area is 378 Å². The number of fused-ring (bicyclic) bond motifs is 9. The Hall–Kier alpha value is -2.20. The van der Waals surface area contributed by atoms with E-state index in [0.717, 1.165) is 56.3 Å². The van der Waals surface area contributed by atoms with Crippen LogP contribution in [0, 0.1) is 81.3 Å². The van der Waals surface area contributed by atoms with Crippen LogP contribution in [0.1, 0.15) is 188 Å². The van der Waals surface area contributed by atoms with Crippen molar-refractivity contribution in [1.29, 1.82) is 0 Å². The summed E-state index contributed by atoms with van der Waals surface area (Å²) in [6.45, 7) is 26.6. The fourth-order valence-corrected chi connectivity index (χ4v) is 12.3. The van der Waals surface area contributed by atoms with Crippen molar-refractivity contribution in [2.75, 3.05) is 20.0 Å². The molecule has 9 unspecified atom stereocenters. The number of hydrogen-bond donors (Lipinski definition) is 0. The predicted molar refractivity (Wildman–Crippen MR) is 244 cm³/mol. The fourth-order valence-electron chi connectivity index (χ4n) is 12.3. The number of carbonyl (C=O) groups is 4. The monoisotopic (exact) mass is 877 g/mol. The van der Waals surface area contributed by atoms with Gasteiger partial charge in [0, 0.05) is 6.61 Å². The van der Waals surface area contributed by atoms with Gasteiger partial charge in [0.15, 0.2) is 13.1 Å². The van der Waals surface area contributed by atoms with Crippen LogP contribution in [0.25, 0.3) is 0 Å². The van der Waals surface area contributed by atoms with E-state index in [4.69, 9.17) is 28.4 Å². The van der Waals surface area contributed by atoms with Crippen molar-refractivity contribution in [2.45, 2.75) is 206 Å². The highest BCUT2D eigenvalue weighted by molar-refractivity contribution is 5.77. The van der Waals surface area contributed by atoms with Crippen molar-refractivity contribution >= 4 is 23.9 Å². The molecular weight excluding hydrogens is 785 g/mol. The van der Waals surface area contributed by atoms with E-state index >= 15 is 0 Å². The molecule has 0 spiro atoms. The summed E-state index contributed by atoms with van der Waals surface area (Å²) in [4.78, 5) is 49.4. The summed E-state index contributed by atoms with van der Waals surface area (Å²) in [6.07, 6.45) is 14.0. The summed E-state index contributed by atoms with van der Waals surface area (Å²) >= 11 is 0. The van der Waals surface area contributed by atoms with Crippen LogP contribution in [0.15, 0.2) is 0 Å². The lowest BCUT2D eigenvalue weighted by Gasteiger charge is -2.59. The third-order valence-corrected chi connectivity index (χ3v) is 17.0. The average molecular weight is 877 g/mol. The van der Waals surface area contributed by atoms with Crippen LogP contribution < -0.4 is 0 Å². The molecule has 10 heteroatoms. The Morgan fingerprint density at radius 2 is 1.16 bits per heavy atom. The molecule has 8 bridgehead atoms. The number of carbonyl (C=O) groups excluding carboxylic acids is 4. The van der Waals surface area contributed by atoms with Crippen molar-refractivity contribution in [3.05, 3.63) is 0 Å². The third kappa shape index (κ3) is 11.6. The zero-order valence-electron chi connectivity index (χ0n) is 39.9. The standard InChI is InChI=1S/C30H44O4.2C10H20O3.2CH4/c1-5-29(2,3)28(32)33-24-14-18-13-23(24)26-21-11-17(25(18)26)12-22(21)27(31)34-30(4)19-7-15-6-16(9-19)10-20(30)8-15;1-6-10(4,5)9(11)13-8(3)12-7-2;1-5-7-12-8-13-9(11)10(3,4)6-2;;/h15-26H,5-14H2,1-4H3;8H,6-7H2,1-5H3;5-8H2,1-4H3;2*1H4. The Balaban J connectivity index is 0.000000307. The van der Waals surface area contributed by atoms with Crippen LogP contribution in [-0.2, 0) is 47.6 Å². The molecule has 0 aliphatic heterocycles. The molecule has 0 heterocycles. The van der Waals surface area contributed by atoms with Crippen LogP contribution in [0.3, 0.4) is 0 Å². The van der Waals surface area contributed by atoms with Crippen molar-refractivity contribution in [1.82, 2.24) is 0 Å². The molecular formula is C52H92O10. The van der Waals surface area contributed by atoms with Gasteiger partial charge < -0.3 is 28.4 Å². The molecule has 8 aliphatic rings. The minimum Gasteiger partial charge on any atom is -0.462 e. The minimum atomic E-state index is -0.441. The molecule has 8 saturated carbocycles. The molecule has 62 heavy (non-hydrogen) atoms. The summed E-state index contributed by atoms with van der Waals surface area (Å²) in [5.41, 5.74) is -1.43. The van der Waals surface area contributed by atoms with Crippen LogP contribution in [-0.4, -0.2) is 61.9 Å². The zero-order chi connectivity index (χ0) is 44.4. The van der Waals surface area contributed by atoms with Gasteiger partial charge in [-0.05, 0) is 205 Å². The molecule has 0 aromatic carbocycles. The lowest BCUT2D eigenvalue weighted by molar-refractivity contribution is -0.209. The molecule has 0 radical (unpaired) electrons. The van der Waals surface area contributed by atoms with Gasteiger partial charge >= 0.3 is 23.9 Å². The maximum absolute atomic E-state index is 13.7. The van der Waals surface area contributed by atoms with Crippen molar-refractivity contribution < 1.29 is 47.6 Å².